The van der Waals surface area contributed by atoms with Crippen molar-refractivity contribution in [1.82, 2.24) is 30.2 Å². The lowest BCUT2D eigenvalue weighted by atomic mass is 9.87. The number of fused-ring (bicyclic) bond motifs is 1. The van der Waals surface area contributed by atoms with Crippen molar-refractivity contribution in [3.63, 3.8) is 0 Å². The third-order valence-corrected chi connectivity index (χ3v) is 12.6. The van der Waals surface area contributed by atoms with E-state index in [9.17, 15) is 57.9 Å². The van der Waals surface area contributed by atoms with Gasteiger partial charge in [-0.1, -0.05) is 32.5 Å². The van der Waals surface area contributed by atoms with Crippen LogP contribution in [0.4, 0.5) is 5.82 Å². The number of thioether (sulfide) groups is 1. The van der Waals surface area contributed by atoms with Gasteiger partial charge in [0.05, 0.1) is 31.4 Å². The van der Waals surface area contributed by atoms with E-state index in [-0.39, 0.29) is 47.4 Å². The number of aromatic nitrogens is 4. The molecule has 1 fully saturated rings. The van der Waals surface area contributed by atoms with E-state index in [0.717, 1.165) is 35.4 Å². The number of nitrogens with zero attached hydrogens (tertiary/aromatic N) is 5. The van der Waals surface area contributed by atoms with E-state index in [1.807, 2.05) is 6.92 Å². The molecule has 0 aromatic carbocycles. The standard InChI is InChI=1S/C30H53N10O17P3S/c1-4-6-19(32)34-9-5-7-17(31)29(45)61-12-11-35-20(41)8-10-36-27(44)24(43)30(2,3)14-54-60(51,52)57-59(49,50)53-13-18-23(56-58(46,47)48)22(42)28(55-18)40-16-39-21-25(33)37-15-38-26(21)40/h15-18,22-24,28,42-43H,4-14,31H2,1-3H3,(H2,32,34)(H,35,41)(H,36,44)(H,49,50)(H,51,52)(H2,33,37,38)(H2,46,47,48). The largest absolute Gasteiger partial charge is 0.481 e. The molecule has 0 radical (unpaired) electrons. The van der Waals surface area contributed by atoms with Gasteiger partial charge >= 0.3 is 23.5 Å². The molecule has 1 aliphatic rings. The van der Waals surface area contributed by atoms with Crippen LogP contribution in [0, 0.1) is 5.41 Å². The van der Waals surface area contributed by atoms with Crippen molar-refractivity contribution in [3.05, 3.63) is 12.7 Å². The Hall–Kier alpha value is -3.01. The summed E-state index contributed by atoms with van der Waals surface area (Å²) < 4.78 is 62.2. The molecule has 2 aromatic rings. The van der Waals surface area contributed by atoms with E-state index in [4.69, 9.17) is 31.0 Å². The first-order chi connectivity index (χ1) is 28.4. The minimum absolute atomic E-state index is 0.0253. The van der Waals surface area contributed by atoms with Gasteiger partial charge in [-0.15, -0.1) is 0 Å². The molecule has 346 valence electrons. The fourth-order valence-electron chi connectivity index (χ4n) is 5.38. The summed E-state index contributed by atoms with van der Waals surface area (Å²) in [7, 11) is -16.4. The number of aliphatic hydroxyl groups is 2. The maximum atomic E-state index is 12.7. The number of imidazole rings is 1. The molecule has 1 saturated heterocycles. The monoisotopic (exact) mass is 950 g/mol. The van der Waals surface area contributed by atoms with E-state index >= 15 is 0 Å². The number of nitrogens with two attached hydrogens (primary N) is 3. The first-order valence-corrected chi connectivity index (χ1v) is 24.0. The number of carbonyl (C=O) groups excluding carboxylic acids is 3. The van der Waals surface area contributed by atoms with E-state index < -0.39 is 90.6 Å². The molecule has 3 rings (SSSR count). The molecule has 27 nitrogen and oxygen atoms in total. The second-order valence-electron chi connectivity index (χ2n) is 14.1. The molecule has 14 N–H and O–H groups in total. The number of hydrogen-bond donors (Lipinski definition) is 11. The third kappa shape index (κ3) is 16.9. The minimum atomic E-state index is -5.59. The van der Waals surface area contributed by atoms with Gasteiger partial charge in [0.2, 0.25) is 16.9 Å². The number of aliphatic hydroxyl groups excluding tert-OH is 2. The number of hydrogen-bond acceptors (Lipinski definition) is 20. The van der Waals surface area contributed by atoms with Gasteiger partial charge in [0.15, 0.2) is 17.7 Å². The number of amides is 2. The van der Waals surface area contributed by atoms with Gasteiger partial charge in [0, 0.05) is 43.6 Å². The van der Waals surface area contributed by atoms with Crippen LogP contribution in [0.2, 0.25) is 0 Å². The summed E-state index contributed by atoms with van der Waals surface area (Å²) in [6.45, 7) is 2.81. The molecule has 8 unspecified atom stereocenters. The topological polar surface area (TPSA) is 428 Å². The quantitative estimate of drug-likeness (QED) is 0.0231. The summed E-state index contributed by atoms with van der Waals surface area (Å²) in [4.78, 5) is 92.3. The van der Waals surface area contributed by atoms with Crippen molar-refractivity contribution in [1.29, 1.82) is 0 Å². The summed E-state index contributed by atoms with van der Waals surface area (Å²) in [5.41, 5.74) is 15.9. The Bertz CT molecular complexity index is 1990. The van der Waals surface area contributed by atoms with Crippen LogP contribution in [0.3, 0.4) is 0 Å². The Kier molecular flexibility index (Phi) is 19.8. The van der Waals surface area contributed by atoms with Gasteiger partial charge in [-0.2, -0.15) is 4.31 Å². The van der Waals surface area contributed by atoms with Crippen molar-refractivity contribution in [2.24, 2.45) is 21.9 Å². The molecule has 0 aliphatic carbocycles. The number of rotatable bonds is 26. The fourth-order valence-corrected chi connectivity index (χ4v) is 8.94. The highest BCUT2D eigenvalue weighted by atomic mass is 32.2. The molecular formula is C30H53N10O17P3S. The van der Waals surface area contributed by atoms with E-state index in [0.29, 0.717) is 31.6 Å². The predicted molar refractivity (Wildman–Crippen MR) is 216 cm³/mol. The molecule has 0 bridgehead atoms. The zero-order valence-corrected chi connectivity index (χ0v) is 36.8. The number of anilines is 1. The second-order valence-corrected chi connectivity index (χ2v) is 19.4. The average molecular weight is 951 g/mol. The average Bonchev–Trinajstić information content (AvgIpc) is 3.73. The van der Waals surface area contributed by atoms with Gasteiger partial charge in [-0.3, -0.25) is 37.5 Å². The number of phosphoric acid groups is 3. The highest BCUT2D eigenvalue weighted by molar-refractivity contribution is 8.13. The van der Waals surface area contributed by atoms with E-state index in [1.54, 1.807) is 0 Å². The van der Waals surface area contributed by atoms with Crippen molar-refractivity contribution in [2.45, 2.75) is 89.6 Å². The number of amidine groups is 1. The Morgan fingerprint density at radius 2 is 1.75 bits per heavy atom. The molecule has 1 aliphatic heterocycles. The fraction of sp³-hybridized carbons (Fsp3) is 0.700. The Balaban J connectivity index is 1.42. The summed E-state index contributed by atoms with van der Waals surface area (Å²) >= 11 is 0.965. The van der Waals surface area contributed by atoms with Crippen LogP contribution in [0.25, 0.3) is 11.2 Å². The van der Waals surface area contributed by atoms with Gasteiger partial charge in [0.1, 0.15) is 36.3 Å². The number of carbonyl (C=O) groups is 3. The normalized spacial score (nSPS) is 21.7. The number of ether oxygens (including phenoxy) is 1. The van der Waals surface area contributed by atoms with E-state index in [1.165, 1.54) is 13.8 Å². The first-order valence-electron chi connectivity index (χ1n) is 18.5. The van der Waals surface area contributed by atoms with Crippen LogP contribution >= 0.6 is 35.2 Å². The highest BCUT2D eigenvalue weighted by Gasteiger charge is 2.50. The highest BCUT2D eigenvalue weighted by Crippen LogP contribution is 2.61. The van der Waals surface area contributed by atoms with Gasteiger partial charge in [-0.05, 0) is 19.3 Å². The molecule has 31 heteroatoms. The van der Waals surface area contributed by atoms with Crippen LogP contribution in [0.5, 0.6) is 0 Å². The van der Waals surface area contributed by atoms with Crippen LogP contribution < -0.4 is 27.8 Å². The molecule has 0 saturated carbocycles. The number of aliphatic imine (C=N–C) groups is 1. The summed E-state index contributed by atoms with van der Waals surface area (Å²) in [6, 6.07) is -0.694. The van der Waals surface area contributed by atoms with Gasteiger partial charge < -0.3 is 62.4 Å². The maximum absolute atomic E-state index is 12.7. The Morgan fingerprint density at radius 3 is 2.43 bits per heavy atom. The van der Waals surface area contributed by atoms with Crippen molar-refractivity contribution >= 4 is 75.0 Å². The lowest BCUT2D eigenvalue weighted by Gasteiger charge is -2.30. The van der Waals surface area contributed by atoms with Crippen LogP contribution in [0.1, 0.15) is 59.1 Å². The lowest BCUT2D eigenvalue weighted by molar-refractivity contribution is -0.137. The number of nitrogen functional groups attached to an aromatic ring is 1. The SMILES string of the molecule is CCCC(N)=NCCCC(N)C(=O)SCCNC(=O)CCNC(=O)C(O)C(C)(C)COP(=O)(O)OP(=O)(O)OCC1OC(n2cnc3c(N)ncnc32)C(O)C1OP(=O)(O)O. The molecule has 8 atom stereocenters. The maximum Gasteiger partial charge on any atom is 0.481 e. The molecule has 61 heavy (non-hydrogen) atoms. The predicted octanol–water partition coefficient (Wildman–Crippen LogP) is -1.07. The molecule has 2 amide bonds. The van der Waals surface area contributed by atoms with Crippen LogP contribution in [0.15, 0.2) is 17.6 Å². The lowest BCUT2D eigenvalue weighted by Crippen LogP contribution is -2.46. The third-order valence-electron chi connectivity index (χ3n) is 8.54. The molecule has 3 heterocycles. The zero-order valence-electron chi connectivity index (χ0n) is 33.3. The van der Waals surface area contributed by atoms with Crippen molar-refractivity contribution < 1.29 is 80.5 Å². The zero-order chi connectivity index (χ0) is 45.8. The van der Waals surface area contributed by atoms with Crippen molar-refractivity contribution in [3.8, 4) is 0 Å². The van der Waals surface area contributed by atoms with Crippen LogP contribution in [-0.4, -0.2) is 141 Å². The molecule has 0 spiro atoms. The summed E-state index contributed by atoms with van der Waals surface area (Å²) in [6.07, 6.45) is -4.40. The first kappa shape index (κ1) is 52.3. The molecule has 2 aromatic heterocycles. The minimum Gasteiger partial charge on any atom is -0.387 e. The summed E-state index contributed by atoms with van der Waals surface area (Å²) in [5.74, 6) is -0.706. The Labute approximate surface area is 353 Å². The molecular weight excluding hydrogens is 897 g/mol. The Morgan fingerprint density at radius 1 is 1.07 bits per heavy atom. The van der Waals surface area contributed by atoms with E-state index in [2.05, 4.69) is 39.4 Å². The number of phosphoric ester groups is 3. The van der Waals surface area contributed by atoms with Gasteiger partial charge in [0.25, 0.3) is 0 Å². The smallest absolute Gasteiger partial charge is 0.387 e. The summed E-state index contributed by atoms with van der Waals surface area (Å²) in [5, 5.41) is 26.2. The van der Waals surface area contributed by atoms with Crippen molar-refractivity contribution in [2.75, 3.05) is 44.3 Å². The van der Waals surface area contributed by atoms with Gasteiger partial charge in [-0.25, -0.2) is 28.6 Å². The van der Waals surface area contributed by atoms with Crippen LogP contribution in [-0.2, 0) is 50.7 Å². The second kappa shape index (κ2) is 23.1. The number of nitrogens with one attached hydrogen (secondary N) is 2.